The maximum atomic E-state index is 12.6. The van der Waals surface area contributed by atoms with Crippen molar-refractivity contribution in [3.63, 3.8) is 0 Å². The lowest BCUT2D eigenvalue weighted by atomic mass is 9.93. The van der Waals surface area contributed by atoms with Crippen LogP contribution in [0.3, 0.4) is 0 Å². The highest BCUT2D eigenvalue weighted by Gasteiger charge is 2.38. The van der Waals surface area contributed by atoms with Crippen molar-refractivity contribution < 1.29 is 40.3 Å². The number of nitrogens with zero attached hydrogens (tertiary/aromatic N) is 1. The van der Waals surface area contributed by atoms with Crippen molar-refractivity contribution in [3.05, 3.63) is 29.3 Å². The van der Waals surface area contributed by atoms with E-state index >= 15 is 0 Å². The average Bonchev–Trinajstić information content (AvgIpc) is 2.58. The quantitative estimate of drug-likeness (QED) is 0.345. The molecule has 2 aromatic rings. The van der Waals surface area contributed by atoms with Crippen molar-refractivity contribution in [1.82, 2.24) is 10.2 Å². The van der Waals surface area contributed by atoms with Crippen molar-refractivity contribution in [1.29, 1.82) is 0 Å². The summed E-state index contributed by atoms with van der Waals surface area (Å²) in [6.45, 7) is 0. The van der Waals surface area contributed by atoms with Crippen molar-refractivity contribution in [3.8, 4) is 0 Å². The first-order chi connectivity index (χ1) is 12.8. The zero-order valence-electron chi connectivity index (χ0n) is 13.7. The van der Waals surface area contributed by atoms with Gasteiger partial charge in [-0.2, -0.15) is 4.90 Å². The number of nitrogens with one attached hydrogen (secondary N) is 1. The molecule has 0 aromatic heterocycles. The Hall–Kier alpha value is -3.07. The van der Waals surface area contributed by atoms with E-state index in [2.05, 4.69) is 0 Å². The fourth-order valence-electron chi connectivity index (χ4n) is 2.85. The van der Waals surface area contributed by atoms with Crippen molar-refractivity contribution >= 4 is 54.5 Å². The van der Waals surface area contributed by atoms with E-state index < -0.39 is 70.1 Å². The molecule has 0 unspecified atom stereocenters. The summed E-state index contributed by atoms with van der Waals surface area (Å²) < 4.78 is 68.8. The number of hydrogen-bond donors (Lipinski definition) is 2. The van der Waals surface area contributed by atoms with E-state index in [1.54, 1.807) is 0 Å². The lowest BCUT2D eigenvalue weighted by Gasteiger charge is -2.27. The van der Waals surface area contributed by atoms with Gasteiger partial charge in [-0.05, 0) is 18.2 Å². The molecule has 0 fully saturated rings. The molecule has 0 atom stereocenters. The second kappa shape index (κ2) is 5.96. The summed E-state index contributed by atoms with van der Waals surface area (Å²) in [5, 5.41) is 1.26. The summed E-state index contributed by atoms with van der Waals surface area (Å²) in [6, 6.07) is 0.696. The number of amides is 4. The molecule has 0 aliphatic carbocycles. The number of carbonyl (C=O) groups excluding carboxylic acids is 3. The predicted molar refractivity (Wildman–Crippen MR) is 89.2 cm³/mol. The number of urea groups is 1. The Morgan fingerprint density at radius 1 is 1.00 bits per heavy atom. The third-order valence-electron chi connectivity index (χ3n) is 4.05. The van der Waals surface area contributed by atoms with Gasteiger partial charge >= 0.3 is 6.03 Å². The van der Waals surface area contributed by atoms with E-state index in [1.165, 1.54) is 0 Å². The molecule has 0 bridgehead atoms. The minimum atomic E-state index is -5.23. The Morgan fingerprint density at radius 3 is 2.00 bits per heavy atom. The van der Waals surface area contributed by atoms with Crippen LogP contribution >= 0.6 is 0 Å². The largest absolute Gasteiger partial charge is 0.744 e. The van der Waals surface area contributed by atoms with Crippen LogP contribution in [0.25, 0.3) is 10.8 Å². The molecule has 0 radical (unpaired) electrons. The third kappa shape index (κ3) is 2.78. The van der Waals surface area contributed by atoms with Crippen molar-refractivity contribution in [2.24, 2.45) is 0 Å². The highest BCUT2D eigenvalue weighted by molar-refractivity contribution is 7.86. The monoisotopic (exact) mass is 427 g/mol. The summed E-state index contributed by atoms with van der Waals surface area (Å²) >= 11 is 0. The molecule has 1 aliphatic rings. The Morgan fingerprint density at radius 2 is 1.54 bits per heavy atom. The van der Waals surface area contributed by atoms with E-state index in [0.717, 1.165) is 7.05 Å². The molecule has 0 saturated heterocycles. The smallest absolute Gasteiger partial charge is 0.331 e. The van der Waals surface area contributed by atoms with Crippen molar-refractivity contribution in [2.75, 3.05) is 12.8 Å². The standard InChI is InChI=1S/C14H11N3O9S2/c1-16-14(20)17-12(18)7-3-5(27(21,22)23)2-6-10(7)8(13(17)19)4-9(11(6)15)28(24,25)26/h2-4H,15H2,1H3,(H,16,20)(H,21,22,23)(H,24,25,26)/p-2. The van der Waals surface area contributed by atoms with Crippen LogP contribution < -0.4 is 11.1 Å². The van der Waals surface area contributed by atoms with Crippen LogP contribution in [0.2, 0.25) is 0 Å². The maximum absolute atomic E-state index is 12.6. The average molecular weight is 427 g/mol. The van der Waals surface area contributed by atoms with Crippen LogP contribution in [0.5, 0.6) is 0 Å². The first-order valence-corrected chi connectivity index (χ1v) is 10.0. The van der Waals surface area contributed by atoms with Crippen LogP contribution in [0.1, 0.15) is 20.7 Å². The Balaban J connectivity index is 2.59. The maximum Gasteiger partial charge on any atom is 0.331 e. The summed E-state index contributed by atoms with van der Waals surface area (Å²) in [6.07, 6.45) is 0. The Labute approximate surface area is 157 Å². The SMILES string of the molecule is CNC(=O)N1C(=O)c2cc(S(=O)(=O)[O-])cc3c(N)c(S(=O)(=O)[O-])cc(c23)C1=O. The lowest BCUT2D eigenvalue weighted by molar-refractivity contribution is 0.0663. The molecule has 3 N–H and O–H groups in total. The lowest BCUT2D eigenvalue weighted by Crippen LogP contribution is -2.48. The minimum Gasteiger partial charge on any atom is -0.744 e. The van der Waals surface area contributed by atoms with Gasteiger partial charge in [0.2, 0.25) is 0 Å². The highest BCUT2D eigenvalue weighted by atomic mass is 32.2. The van der Waals surface area contributed by atoms with Gasteiger partial charge < -0.3 is 20.2 Å². The molecule has 2 aromatic carbocycles. The number of nitrogen functional groups attached to an aromatic ring is 1. The summed E-state index contributed by atoms with van der Waals surface area (Å²) in [5.74, 6) is -2.52. The fraction of sp³-hybridized carbons (Fsp3) is 0.0714. The Kier molecular flexibility index (Phi) is 4.19. The number of nitrogens with two attached hydrogens (primary N) is 1. The molecule has 14 heteroatoms. The third-order valence-corrected chi connectivity index (χ3v) is 5.74. The summed E-state index contributed by atoms with van der Waals surface area (Å²) in [4.78, 5) is 35.2. The molecular formula is C14H9N3O9S2-2. The van der Waals surface area contributed by atoms with E-state index in [9.17, 15) is 40.3 Å². The van der Waals surface area contributed by atoms with Gasteiger partial charge in [0, 0.05) is 17.8 Å². The van der Waals surface area contributed by atoms with Gasteiger partial charge in [0.15, 0.2) is 0 Å². The highest BCUT2D eigenvalue weighted by Crippen LogP contribution is 2.38. The summed E-state index contributed by atoms with van der Waals surface area (Å²) in [7, 11) is -9.28. The molecule has 0 saturated carbocycles. The van der Waals surface area contributed by atoms with E-state index in [4.69, 9.17) is 5.73 Å². The molecule has 148 valence electrons. The van der Waals surface area contributed by atoms with Crippen LogP contribution in [-0.2, 0) is 20.2 Å². The van der Waals surface area contributed by atoms with Gasteiger partial charge in [0.25, 0.3) is 11.8 Å². The van der Waals surface area contributed by atoms with Gasteiger partial charge in [-0.1, -0.05) is 0 Å². The first-order valence-electron chi connectivity index (χ1n) is 7.21. The van der Waals surface area contributed by atoms with Crippen molar-refractivity contribution in [2.45, 2.75) is 9.79 Å². The second-order valence-electron chi connectivity index (χ2n) is 5.64. The minimum absolute atomic E-state index is 0.0791. The van der Waals surface area contributed by atoms with Crippen LogP contribution in [0.4, 0.5) is 10.5 Å². The second-order valence-corrected chi connectivity index (χ2v) is 8.37. The number of benzene rings is 2. The van der Waals surface area contributed by atoms with Gasteiger partial charge in [0.05, 0.1) is 26.6 Å². The van der Waals surface area contributed by atoms with E-state index in [-0.39, 0.29) is 10.3 Å². The van der Waals surface area contributed by atoms with Gasteiger partial charge in [-0.3, -0.25) is 9.59 Å². The Bertz CT molecular complexity index is 1290. The molecule has 12 nitrogen and oxygen atoms in total. The van der Waals surface area contributed by atoms with E-state index in [0.29, 0.717) is 18.2 Å². The van der Waals surface area contributed by atoms with Gasteiger partial charge in [-0.25, -0.2) is 21.6 Å². The molecule has 4 amide bonds. The normalized spacial score (nSPS) is 14.5. The molecule has 28 heavy (non-hydrogen) atoms. The number of carbonyl (C=O) groups is 3. The zero-order chi connectivity index (χ0) is 21.2. The first kappa shape index (κ1) is 19.7. The zero-order valence-corrected chi connectivity index (χ0v) is 15.4. The number of imide groups is 3. The molecule has 1 aliphatic heterocycles. The van der Waals surface area contributed by atoms with Gasteiger partial charge in [0.1, 0.15) is 20.2 Å². The predicted octanol–water partition coefficient (Wildman–Crippen LogP) is -0.834. The van der Waals surface area contributed by atoms with Gasteiger partial charge in [-0.15, -0.1) is 0 Å². The topological polar surface area (TPSA) is 207 Å². The molecule has 3 rings (SSSR count). The summed E-state index contributed by atoms with van der Waals surface area (Å²) in [5.41, 5.74) is 3.81. The van der Waals surface area contributed by atoms with Crippen LogP contribution in [0.15, 0.2) is 28.0 Å². The number of hydrogen-bond acceptors (Lipinski definition) is 10. The number of anilines is 1. The fourth-order valence-corrected chi connectivity index (χ4v) is 4.02. The molecule has 0 spiro atoms. The molecule has 1 heterocycles. The number of rotatable bonds is 2. The van der Waals surface area contributed by atoms with E-state index in [1.807, 2.05) is 5.32 Å². The van der Waals surface area contributed by atoms with Crippen LogP contribution in [-0.4, -0.2) is 55.7 Å². The molecular weight excluding hydrogens is 418 g/mol. The van der Waals surface area contributed by atoms with Crippen LogP contribution in [0, 0.1) is 0 Å².